The van der Waals surface area contributed by atoms with Crippen molar-refractivity contribution in [1.29, 1.82) is 0 Å². The minimum atomic E-state index is -1.00. The Labute approximate surface area is 110 Å². The summed E-state index contributed by atoms with van der Waals surface area (Å²) in [5.74, 6) is -2.08. The zero-order valence-electron chi connectivity index (χ0n) is 10.8. The summed E-state index contributed by atoms with van der Waals surface area (Å²) in [5.41, 5.74) is 4.73. The lowest BCUT2D eigenvalue weighted by atomic mass is 10.00. The number of benzene rings is 1. The molecule has 2 amide bonds. The van der Waals surface area contributed by atoms with Crippen LogP contribution in [0.3, 0.4) is 0 Å². The van der Waals surface area contributed by atoms with E-state index in [0.717, 1.165) is 0 Å². The second kappa shape index (κ2) is 5.51. The molecule has 0 aromatic heterocycles. The first-order chi connectivity index (χ1) is 8.71. The zero-order valence-corrected chi connectivity index (χ0v) is 10.8. The molecule has 0 spiro atoms. The number of carbonyl (C=O) groups is 3. The van der Waals surface area contributed by atoms with Gasteiger partial charge in [-0.05, 0) is 32.0 Å². The van der Waals surface area contributed by atoms with Crippen molar-refractivity contribution in [2.45, 2.75) is 25.8 Å². The highest BCUT2D eigenvalue weighted by atomic mass is 16.4. The van der Waals surface area contributed by atoms with E-state index in [1.54, 1.807) is 19.9 Å². The van der Waals surface area contributed by atoms with E-state index in [0.29, 0.717) is 0 Å². The molecule has 1 aromatic rings. The first-order valence-electron chi connectivity index (χ1n) is 5.65. The Kier molecular flexibility index (Phi) is 4.26. The molecule has 19 heavy (non-hydrogen) atoms. The molecule has 102 valence electrons. The van der Waals surface area contributed by atoms with E-state index in [4.69, 9.17) is 10.8 Å². The van der Waals surface area contributed by atoms with Gasteiger partial charge in [0.05, 0.1) is 6.42 Å². The Morgan fingerprint density at radius 2 is 1.84 bits per heavy atom. The van der Waals surface area contributed by atoms with Crippen molar-refractivity contribution in [1.82, 2.24) is 5.32 Å². The number of carbonyl (C=O) groups excluding carboxylic acids is 2. The fourth-order valence-corrected chi connectivity index (χ4v) is 1.62. The Morgan fingerprint density at radius 1 is 1.26 bits per heavy atom. The van der Waals surface area contributed by atoms with E-state index in [1.807, 2.05) is 0 Å². The molecule has 0 saturated heterocycles. The van der Waals surface area contributed by atoms with Gasteiger partial charge in [-0.2, -0.15) is 0 Å². The molecule has 0 aliphatic rings. The number of amides is 2. The molecule has 4 N–H and O–H groups in total. The SMILES string of the molecule is CC(C)(CC(=O)O)NC(=O)c1cccc(C(N)=O)c1. The van der Waals surface area contributed by atoms with Crippen molar-refractivity contribution in [2.24, 2.45) is 5.73 Å². The first-order valence-corrected chi connectivity index (χ1v) is 5.65. The molecule has 0 unspecified atom stereocenters. The molecule has 0 atom stereocenters. The number of carboxylic acids is 1. The lowest BCUT2D eigenvalue weighted by molar-refractivity contribution is -0.138. The zero-order chi connectivity index (χ0) is 14.6. The largest absolute Gasteiger partial charge is 0.481 e. The second-order valence-electron chi connectivity index (χ2n) is 4.85. The number of nitrogens with two attached hydrogens (primary N) is 1. The van der Waals surface area contributed by atoms with Crippen LogP contribution in [0.2, 0.25) is 0 Å². The average molecular weight is 264 g/mol. The van der Waals surface area contributed by atoms with Gasteiger partial charge in [-0.15, -0.1) is 0 Å². The number of aliphatic carboxylic acids is 1. The molecule has 0 saturated carbocycles. The van der Waals surface area contributed by atoms with Crippen LogP contribution in [-0.2, 0) is 4.79 Å². The average Bonchev–Trinajstić information content (AvgIpc) is 2.26. The predicted molar refractivity (Wildman–Crippen MR) is 68.8 cm³/mol. The molecule has 0 heterocycles. The van der Waals surface area contributed by atoms with Crippen LogP contribution in [-0.4, -0.2) is 28.4 Å². The van der Waals surface area contributed by atoms with E-state index >= 15 is 0 Å². The van der Waals surface area contributed by atoms with Gasteiger partial charge in [0.15, 0.2) is 0 Å². The number of hydrogen-bond donors (Lipinski definition) is 3. The molecular weight excluding hydrogens is 248 g/mol. The highest BCUT2D eigenvalue weighted by Crippen LogP contribution is 2.11. The third-order valence-corrected chi connectivity index (χ3v) is 2.45. The van der Waals surface area contributed by atoms with Gasteiger partial charge in [-0.25, -0.2) is 0 Å². The van der Waals surface area contributed by atoms with Gasteiger partial charge >= 0.3 is 5.97 Å². The summed E-state index contributed by atoms with van der Waals surface area (Å²) in [4.78, 5) is 33.6. The molecule has 0 aliphatic heterocycles. The van der Waals surface area contributed by atoms with Crippen molar-refractivity contribution in [3.05, 3.63) is 35.4 Å². The third-order valence-electron chi connectivity index (χ3n) is 2.45. The van der Waals surface area contributed by atoms with E-state index in [-0.39, 0.29) is 17.5 Å². The summed E-state index contributed by atoms with van der Waals surface area (Å²) in [6.45, 7) is 3.22. The molecule has 1 aromatic carbocycles. The third kappa shape index (κ3) is 4.42. The van der Waals surface area contributed by atoms with Crippen LogP contribution in [0.1, 0.15) is 41.0 Å². The van der Waals surface area contributed by atoms with E-state index < -0.39 is 23.3 Å². The molecule has 0 bridgehead atoms. The Morgan fingerprint density at radius 3 is 2.37 bits per heavy atom. The van der Waals surface area contributed by atoms with Crippen LogP contribution >= 0.6 is 0 Å². The first kappa shape index (κ1) is 14.7. The fourth-order valence-electron chi connectivity index (χ4n) is 1.62. The number of rotatable bonds is 5. The van der Waals surface area contributed by atoms with Crippen molar-refractivity contribution in [3.63, 3.8) is 0 Å². The van der Waals surface area contributed by atoms with Gasteiger partial charge in [0.2, 0.25) is 5.91 Å². The Hall–Kier alpha value is -2.37. The molecule has 6 heteroatoms. The summed E-state index contributed by atoms with van der Waals surface area (Å²) in [6, 6.07) is 5.94. The lowest BCUT2D eigenvalue weighted by Gasteiger charge is -2.24. The smallest absolute Gasteiger partial charge is 0.305 e. The summed E-state index contributed by atoms with van der Waals surface area (Å²) >= 11 is 0. The van der Waals surface area contributed by atoms with Crippen LogP contribution in [0.4, 0.5) is 0 Å². The molecule has 0 aliphatic carbocycles. The van der Waals surface area contributed by atoms with Gasteiger partial charge in [-0.1, -0.05) is 6.07 Å². The number of nitrogens with one attached hydrogen (secondary N) is 1. The van der Waals surface area contributed by atoms with Gasteiger partial charge < -0.3 is 16.2 Å². The van der Waals surface area contributed by atoms with Gasteiger partial charge in [-0.3, -0.25) is 14.4 Å². The van der Waals surface area contributed by atoms with Crippen LogP contribution in [0.25, 0.3) is 0 Å². The molecular formula is C13H16N2O4. The minimum absolute atomic E-state index is 0.200. The van der Waals surface area contributed by atoms with Crippen molar-refractivity contribution in [3.8, 4) is 0 Å². The maximum absolute atomic E-state index is 12.0. The number of hydrogen-bond acceptors (Lipinski definition) is 3. The number of carboxylic acid groups (broad SMARTS) is 1. The van der Waals surface area contributed by atoms with E-state index in [2.05, 4.69) is 5.32 Å². The maximum atomic E-state index is 12.0. The highest BCUT2D eigenvalue weighted by Gasteiger charge is 2.24. The van der Waals surface area contributed by atoms with Crippen molar-refractivity contribution in [2.75, 3.05) is 0 Å². The standard InChI is InChI=1S/C13H16N2O4/c1-13(2,7-10(16)17)15-12(19)9-5-3-4-8(6-9)11(14)18/h3-6H,7H2,1-2H3,(H2,14,18)(H,15,19)(H,16,17). The van der Waals surface area contributed by atoms with Crippen LogP contribution in [0.5, 0.6) is 0 Å². The van der Waals surface area contributed by atoms with Gasteiger partial charge in [0.25, 0.3) is 5.91 Å². The maximum Gasteiger partial charge on any atom is 0.305 e. The van der Waals surface area contributed by atoms with Crippen LogP contribution in [0.15, 0.2) is 24.3 Å². The predicted octanol–water partition coefficient (Wildman–Crippen LogP) is 0.769. The molecule has 6 nitrogen and oxygen atoms in total. The Bertz CT molecular complexity index is 523. The Balaban J connectivity index is 2.86. The van der Waals surface area contributed by atoms with Crippen molar-refractivity contribution < 1.29 is 19.5 Å². The van der Waals surface area contributed by atoms with Gasteiger partial charge in [0.1, 0.15) is 0 Å². The molecule has 0 fully saturated rings. The molecule has 0 radical (unpaired) electrons. The highest BCUT2D eigenvalue weighted by molar-refractivity contribution is 5.99. The van der Waals surface area contributed by atoms with E-state index in [1.165, 1.54) is 18.2 Å². The second-order valence-corrected chi connectivity index (χ2v) is 4.85. The monoisotopic (exact) mass is 264 g/mol. The van der Waals surface area contributed by atoms with Crippen molar-refractivity contribution >= 4 is 17.8 Å². The lowest BCUT2D eigenvalue weighted by Crippen LogP contribution is -2.45. The summed E-state index contributed by atoms with van der Waals surface area (Å²) in [7, 11) is 0. The molecule has 1 rings (SSSR count). The summed E-state index contributed by atoms with van der Waals surface area (Å²) < 4.78 is 0. The number of primary amides is 1. The normalized spacial score (nSPS) is 10.8. The van der Waals surface area contributed by atoms with E-state index in [9.17, 15) is 14.4 Å². The quantitative estimate of drug-likeness (QED) is 0.729. The van der Waals surface area contributed by atoms with Gasteiger partial charge in [0, 0.05) is 16.7 Å². The summed E-state index contributed by atoms with van der Waals surface area (Å²) in [6.07, 6.45) is -0.200. The van der Waals surface area contributed by atoms with Crippen LogP contribution in [0, 0.1) is 0 Å². The van der Waals surface area contributed by atoms with Crippen LogP contribution < -0.4 is 11.1 Å². The topological polar surface area (TPSA) is 109 Å². The minimum Gasteiger partial charge on any atom is -0.481 e. The fraction of sp³-hybridized carbons (Fsp3) is 0.308. The summed E-state index contributed by atoms with van der Waals surface area (Å²) in [5, 5.41) is 11.3.